The highest BCUT2D eigenvalue weighted by molar-refractivity contribution is 8.00. The predicted molar refractivity (Wildman–Crippen MR) is 84.3 cm³/mol. The largest absolute Gasteiger partial charge is 0.352 e. The molecule has 1 aromatic rings. The maximum absolute atomic E-state index is 13.3. The number of halogens is 3. The van der Waals surface area contributed by atoms with Crippen LogP contribution >= 0.6 is 11.8 Å². The number of hydrogen-bond acceptors (Lipinski definition) is 4. The number of sulfonamides is 1. The van der Waals surface area contributed by atoms with Crippen LogP contribution in [0.3, 0.4) is 0 Å². The van der Waals surface area contributed by atoms with Crippen LogP contribution in [0.2, 0.25) is 0 Å². The van der Waals surface area contributed by atoms with Crippen LogP contribution in [0.15, 0.2) is 17.0 Å². The van der Waals surface area contributed by atoms with Crippen molar-refractivity contribution in [3.8, 4) is 0 Å². The highest BCUT2D eigenvalue weighted by atomic mass is 32.2. The summed E-state index contributed by atoms with van der Waals surface area (Å²) in [5.41, 5.74) is 0. The number of benzene rings is 1. The molecule has 1 amide bonds. The first-order valence-corrected chi connectivity index (χ1v) is 9.82. The van der Waals surface area contributed by atoms with Gasteiger partial charge < -0.3 is 5.32 Å². The molecule has 1 saturated heterocycles. The molecule has 1 heterocycles. The van der Waals surface area contributed by atoms with E-state index in [1.165, 1.54) is 11.8 Å². The average Bonchev–Trinajstić information content (AvgIpc) is 3.02. The fourth-order valence-corrected chi connectivity index (χ4v) is 5.30. The minimum atomic E-state index is -4.33. The molecule has 5 nitrogen and oxygen atoms in total. The summed E-state index contributed by atoms with van der Waals surface area (Å²) in [4.78, 5) is 11.5. The van der Waals surface area contributed by atoms with E-state index in [2.05, 4.69) is 5.32 Å². The summed E-state index contributed by atoms with van der Waals surface area (Å²) < 4.78 is 65.8. The Morgan fingerprint density at radius 1 is 1.38 bits per heavy atom. The second kappa shape index (κ2) is 7.32. The topological polar surface area (TPSA) is 66.5 Å². The van der Waals surface area contributed by atoms with Crippen molar-refractivity contribution in [3.63, 3.8) is 0 Å². The first-order chi connectivity index (χ1) is 11.2. The number of rotatable bonds is 5. The molecule has 1 aromatic carbocycles. The third-order valence-electron chi connectivity index (χ3n) is 3.71. The fourth-order valence-electron chi connectivity index (χ4n) is 2.13. The molecule has 1 aliphatic heterocycles. The van der Waals surface area contributed by atoms with E-state index in [1.54, 1.807) is 6.92 Å². The van der Waals surface area contributed by atoms with Gasteiger partial charge in [0.05, 0.1) is 10.8 Å². The van der Waals surface area contributed by atoms with Crippen LogP contribution in [0.1, 0.15) is 20.3 Å². The predicted octanol–water partition coefficient (Wildman–Crippen LogP) is 2.08. The maximum Gasteiger partial charge on any atom is 0.244 e. The van der Waals surface area contributed by atoms with Crippen LogP contribution < -0.4 is 5.32 Å². The SMILES string of the molecule is CC[C@@H](C)NC(=O)[C@@H]1CSCN1S(=O)(=O)c1cc(F)c(F)c(F)c1. The number of nitrogens with zero attached hydrogens (tertiary/aromatic N) is 1. The van der Waals surface area contributed by atoms with E-state index in [1.807, 2.05) is 6.92 Å². The lowest BCUT2D eigenvalue weighted by atomic mass is 10.2. The van der Waals surface area contributed by atoms with Gasteiger partial charge in [-0.05, 0) is 25.5 Å². The zero-order valence-electron chi connectivity index (χ0n) is 13.1. The third kappa shape index (κ3) is 3.70. The van der Waals surface area contributed by atoms with Crippen molar-refractivity contribution in [2.45, 2.75) is 37.2 Å². The van der Waals surface area contributed by atoms with Gasteiger partial charge in [-0.1, -0.05) is 6.92 Å². The molecule has 0 aromatic heterocycles. The number of carbonyl (C=O) groups is 1. The van der Waals surface area contributed by atoms with Crippen molar-refractivity contribution < 1.29 is 26.4 Å². The monoisotopic (exact) mass is 382 g/mol. The van der Waals surface area contributed by atoms with Crippen LogP contribution in [-0.4, -0.2) is 42.3 Å². The Kier molecular flexibility index (Phi) is 5.82. The summed E-state index contributed by atoms with van der Waals surface area (Å²) >= 11 is 1.21. The lowest BCUT2D eigenvalue weighted by molar-refractivity contribution is -0.124. The standard InChI is InChI=1S/C14H17F3N2O3S2/c1-3-8(2)18-14(20)12-6-23-7-19(12)24(21,22)9-4-10(15)13(17)11(16)5-9/h4-5,8,12H,3,6-7H2,1-2H3,(H,18,20)/t8-,12+/m1/s1. The molecular formula is C14H17F3N2O3S2. The molecule has 1 fully saturated rings. The Morgan fingerprint density at radius 2 is 1.96 bits per heavy atom. The third-order valence-corrected chi connectivity index (χ3v) is 6.72. The van der Waals surface area contributed by atoms with E-state index in [9.17, 15) is 26.4 Å². The van der Waals surface area contributed by atoms with Gasteiger partial charge in [0.2, 0.25) is 15.9 Å². The molecule has 0 unspecified atom stereocenters. The molecule has 1 aliphatic rings. The van der Waals surface area contributed by atoms with E-state index in [0.29, 0.717) is 18.6 Å². The molecule has 0 saturated carbocycles. The minimum Gasteiger partial charge on any atom is -0.352 e. The van der Waals surface area contributed by atoms with Gasteiger partial charge in [0.1, 0.15) is 6.04 Å². The highest BCUT2D eigenvalue weighted by Crippen LogP contribution is 2.29. The van der Waals surface area contributed by atoms with Crippen LogP contribution in [0.4, 0.5) is 13.2 Å². The quantitative estimate of drug-likeness (QED) is 0.792. The van der Waals surface area contributed by atoms with Gasteiger partial charge in [-0.25, -0.2) is 21.6 Å². The smallest absolute Gasteiger partial charge is 0.244 e. The van der Waals surface area contributed by atoms with Crippen molar-refractivity contribution >= 4 is 27.7 Å². The molecule has 0 radical (unpaired) electrons. The fraction of sp³-hybridized carbons (Fsp3) is 0.500. The second-order valence-electron chi connectivity index (χ2n) is 5.43. The van der Waals surface area contributed by atoms with Crippen LogP contribution in [-0.2, 0) is 14.8 Å². The molecule has 10 heteroatoms. The molecule has 1 N–H and O–H groups in total. The molecule has 0 spiro atoms. The van der Waals surface area contributed by atoms with Gasteiger partial charge in [0.15, 0.2) is 17.5 Å². The molecule has 2 atom stereocenters. The number of carbonyl (C=O) groups excluding carboxylic acids is 1. The zero-order chi connectivity index (χ0) is 18.1. The lowest BCUT2D eigenvalue weighted by Crippen LogP contribution is -2.49. The number of thioether (sulfide) groups is 1. The summed E-state index contributed by atoms with van der Waals surface area (Å²) in [7, 11) is -4.33. The van der Waals surface area contributed by atoms with Crippen molar-refractivity contribution in [1.29, 1.82) is 0 Å². The molecule has 2 rings (SSSR count). The first kappa shape index (κ1) is 19.1. The van der Waals surface area contributed by atoms with Gasteiger partial charge in [0, 0.05) is 11.8 Å². The number of amides is 1. The van der Waals surface area contributed by atoms with Gasteiger partial charge in [-0.15, -0.1) is 11.8 Å². The Balaban J connectivity index is 2.32. The summed E-state index contributed by atoms with van der Waals surface area (Å²) in [5, 5.41) is 2.69. The summed E-state index contributed by atoms with van der Waals surface area (Å²) in [5.74, 6) is -5.20. The highest BCUT2D eigenvalue weighted by Gasteiger charge is 2.40. The lowest BCUT2D eigenvalue weighted by Gasteiger charge is -2.24. The van der Waals surface area contributed by atoms with E-state index < -0.39 is 44.3 Å². The number of hydrogen-bond donors (Lipinski definition) is 1. The maximum atomic E-state index is 13.3. The van der Waals surface area contributed by atoms with Gasteiger partial charge >= 0.3 is 0 Å². The molecule has 24 heavy (non-hydrogen) atoms. The Hall–Kier alpha value is -1.26. The zero-order valence-corrected chi connectivity index (χ0v) is 14.7. The van der Waals surface area contributed by atoms with Crippen molar-refractivity contribution in [2.75, 3.05) is 11.6 Å². The van der Waals surface area contributed by atoms with Crippen molar-refractivity contribution in [2.24, 2.45) is 0 Å². The van der Waals surface area contributed by atoms with Gasteiger partial charge in [0.25, 0.3) is 0 Å². The average molecular weight is 382 g/mol. The normalized spacial score (nSPS) is 20.1. The van der Waals surface area contributed by atoms with Crippen molar-refractivity contribution in [1.82, 2.24) is 9.62 Å². The summed E-state index contributed by atoms with van der Waals surface area (Å²) in [6, 6.07) is -0.278. The Morgan fingerprint density at radius 3 is 2.50 bits per heavy atom. The van der Waals surface area contributed by atoms with Crippen LogP contribution in [0.25, 0.3) is 0 Å². The van der Waals surface area contributed by atoms with Crippen LogP contribution in [0, 0.1) is 17.5 Å². The minimum absolute atomic E-state index is 0.0262. The first-order valence-electron chi connectivity index (χ1n) is 7.23. The molecule has 0 aliphatic carbocycles. The Labute approximate surface area is 142 Å². The van der Waals surface area contributed by atoms with Gasteiger partial charge in [-0.3, -0.25) is 4.79 Å². The summed E-state index contributed by atoms with van der Waals surface area (Å²) in [6.07, 6.45) is 0.673. The van der Waals surface area contributed by atoms with Crippen LogP contribution in [0.5, 0.6) is 0 Å². The van der Waals surface area contributed by atoms with E-state index in [-0.39, 0.29) is 17.7 Å². The molecule has 0 bridgehead atoms. The Bertz CT molecular complexity index is 720. The van der Waals surface area contributed by atoms with E-state index in [4.69, 9.17) is 0 Å². The number of nitrogens with one attached hydrogen (secondary N) is 1. The van der Waals surface area contributed by atoms with E-state index in [0.717, 1.165) is 4.31 Å². The van der Waals surface area contributed by atoms with E-state index >= 15 is 0 Å². The van der Waals surface area contributed by atoms with Gasteiger partial charge in [-0.2, -0.15) is 4.31 Å². The molecular weight excluding hydrogens is 365 g/mol. The second-order valence-corrected chi connectivity index (χ2v) is 8.32. The molecule has 134 valence electrons. The van der Waals surface area contributed by atoms with Crippen molar-refractivity contribution in [3.05, 3.63) is 29.6 Å². The summed E-state index contributed by atoms with van der Waals surface area (Å²) in [6.45, 7) is 3.65.